The van der Waals surface area contributed by atoms with E-state index in [2.05, 4.69) is 31.7 Å². The maximum Gasteiger partial charge on any atom is 0.341 e. The molecule has 3 aromatic rings. The highest BCUT2D eigenvalue weighted by molar-refractivity contribution is 9.10. The predicted octanol–water partition coefficient (Wildman–Crippen LogP) is 4.98. The van der Waals surface area contributed by atoms with Gasteiger partial charge in [0, 0.05) is 11.1 Å². The third-order valence-corrected chi connectivity index (χ3v) is 6.74. The van der Waals surface area contributed by atoms with Gasteiger partial charge in [-0.15, -0.1) is 11.3 Å². The molecule has 0 aliphatic heterocycles. The first-order chi connectivity index (χ1) is 14.4. The Morgan fingerprint density at radius 2 is 2.10 bits per heavy atom. The topological polar surface area (TPSA) is 68.2 Å². The van der Waals surface area contributed by atoms with Gasteiger partial charge in [-0.3, -0.25) is 4.68 Å². The van der Waals surface area contributed by atoms with Gasteiger partial charge < -0.3 is 15.4 Å². The van der Waals surface area contributed by atoms with Crippen LogP contribution < -0.4 is 10.6 Å². The predicted molar refractivity (Wildman–Crippen MR) is 123 cm³/mol. The monoisotopic (exact) mass is 508 g/mol. The highest BCUT2D eigenvalue weighted by Crippen LogP contribution is 2.39. The third kappa shape index (κ3) is 4.40. The molecule has 1 aliphatic rings. The SMILES string of the molecule is COC(=O)c1c(NC(=S)Nc2nn(Cc3ccc(F)cc3)cc2Br)sc2c1CCC2. The highest BCUT2D eigenvalue weighted by atomic mass is 79.9. The number of fused-ring (bicyclic) bond motifs is 1. The molecule has 0 saturated heterocycles. The van der Waals surface area contributed by atoms with Crippen molar-refractivity contribution < 1.29 is 13.9 Å². The van der Waals surface area contributed by atoms with Gasteiger partial charge in [0.2, 0.25) is 0 Å². The standard InChI is InChI=1S/C20H18BrFN4O2S2/c1-28-19(27)16-13-3-2-4-15(13)30-18(16)24-20(29)23-17-14(21)10-26(25-17)9-11-5-7-12(22)8-6-11/h5-8,10H,2-4,9H2,1H3,(H2,23,24,25,29). The summed E-state index contributed by atoms with van der Waals surface area (Å²) in [5, 5.41) is 11.7. The molecule has 0 fully saturated rings. The normalized spacial score (nSPS) is 12.5. The van der Waals surface area contributed by atoms with Crippen molar-refractivity contribution in [1.82, 2.24) is 9.78 Å². The lowest BCUT2D eigenvalue weighted by Crippen LogP contribution is -2.21. The molecule has 10 heteroatoms. The molecule has 0 spiro atoms. The Morgan fingerprint density at radius 1 is 1.33 bits per heavy atom. The summed E-state index contributed by atoms with van der Waals surface area (Å²) in [5.74, 6) is -0.0900. The third-order valence-electron chi connectivity index (χ3n) is 4.74. The minimum absolute atomic E-state index is 0.273. The summed E-state index contributed by atoms with van der Waals surface area (Å²) in [5.41, 5.74) is 2.55. The van der Waals surface area contributed by atoms with Crippen molar-refractivity contribution in [2.75, 3.05) is 17.7 Å². The summed E-state index contributed by atoms with van der Waals surface area (Å²) in [7, 11) is 1.38. The molecule has 1 aromatic carbocycles. The number of benzene rings is 1. The molecule has 4 rings (SSSR count). The molecule has 2 heterocycles. The second-order valence-electron chi connectivity index (χ2n) is 6.78. The number of methoxy groups -OCH3 is 1. The first-order valence-electron chi connectivity index (χ1n) is 9.23. The van der Waals surface area contributed by atoms with Crippen LogP contribution in [0.15, 0.2) is 34.9 Å². The number of carbonyl (C=O) groups is 1. The maximum atomic E-state index is 13.1. The second-order valence-corrected chi connectivity index (χ2v) is 9.15. The zero-order chi connectivity index (χ0) is 21.3. The number of esters is 1. The molecule has 1 aliphatic carbocycles. The molecular weight excluding hydrogens is 491 g/mol. The number of hydrogen-bond acceptors (Lipinski definition) is 5. The van der Waals surface area contributed by atoms with E-state index in [0.717, 1.165) is 34.9 Å². The lowest BCUT2D eigenvalue weighted by molar-refractivity contribution is 0.0601. The minimum atomic E-state index is -0.357. The van der Waals surface area contributed by atoms with Crippen molar-refractivity contribution in [3.63, 3.8) is 0 Å². The Morgan fingerprint density at radius 3 is 2.83 bits per heavy atom. The second kappa shape index (κ2) is 8.83. The van der Waals surface area contributed by atoms with Gasteiger partial charge in [-0.05, 0) is 70.7 Å². The number of carbonyl (C=O) groups excluding carboxylic acids is 1. The number of ether oxygens (including phenoxy) is 1. The number of thiophene rings is 1. The molecule has 2 aromatic heterocycles. The van der Waals surface area contributed by atoms with Crippen LogP contribution in [0.4, 0.5) is 15.2 Å². The van der Waals surface area contributed by atoms with E-state index in [4.69, 9.17) is 17.0 Å². The number of aromatic nitrogens is 2. The largest absolute Gasteiger partial charge is 0.465 e. The average Bonchev–Trinajstić information content (AvgIpc) is 3.38. The first-order valence-corrected chi connectivity index (χ1v) is 11.2. The average molecular weight is 509 g/mol. The molecular formula is C20H18BrFN4O2S2. The van der Waals surface area contributed by atoms with Gasteiger partial charge in [-0.1, -0.05) is 12.1 Å². The minimum Gasteiger partial charge on any atom is -0.465 e. The van der Waals surface area contributed by atoms with Crippen LogP contribution in [0.25, 0.3) is 0 Å². The van der Waals surface area contributed by atoms with E-state index in [1.54, 1.807) is 16.8 Å². The van der Waals surface area contributed by atoms with E-state index >= 15 is 0 Å². The molecule has 30 heavy (non-hydrogen) atoms. The Bertz CT molecular complexity index is 1110. The fraction of sp³-hybridized carbons (Fsp3) is 0.250. The van der Waals surface area contributed by atoms with Crippen molar-refractivity contribution in [1.29, 1.82) is 0 Å². The van der Waals surface area contributed by atoms with Gasteiger partial charge in [0.15, 0.2) is 10.9 Å². The van der Waals surface area contributed by atoms with E-state index in [9.17, 15) is 9.18 Å². The van der Waals surface area contributed by atoms with Crippen LogP contribution >= 0.6 is 39.5 Å². The fourth-order valence-corrected chi connectivity index (χ4v) is 5.35. The first kappa shape index (κ1) is 21.0. The number of hydrogen-bond donors (Lipinski definition) is 2. The molecule has 2 N–H and O–H groups in total. The van der Waals surface area contributed by atoms with Gasteiger partial charge in [-0.2, -0.15) is 5.10 Å². The van der Waals surface area contributed by atoms with E-state index in [1.807, 2.05) is 6.20 Å². The summed E-state index contributed by atoms with van der Waals surface area (Å²) in [6.45, 7) is 0.491. The summed E-state index contributed by atoms with van der Waals surface area (Å²) in [6, 6.07) is 6.27. The number of aryl methyl sites for hydroxylation is 1. The van der Waals surface area contributed by atoms with Gasteiger partial charge in [-0.25, -0.2) is 9.18 Å². The summed E-state index contributed by atoms with van der Waals surface area (Å²) in [6.07, 6.45) is 4.70. The Kier molecular flexibility index (Phi) is 6.16. The molecule has 0 unspecified atom stereocenters. The van der Waals surface area contributed by atoms with Crippen molar-refractivity contribution in [2.24, 2.45) is 0 Å². The van der Waals surface area contributed by atoms with Gasteiger partial charge in [0.1, 0.15) is 10.8 Å². The van der Waals surface area contributed by atoms with Crippen molar-refractivity contribution in [2.45, 2.75) is 25.8 Å². The summed E-state index contributed by atoms with van der Waals surface area (Å²) in [4.78, 5) is 13.5. The smallest absolute Gasteiger partial charge is 0.341 e. The Labute approximate surface area is 190 Å². The molecule has 0 atom stereocenters. The zero-order valence-corrected chi connectivity index (χ0v) is 19.2. The van der Waals surface area contributed by atoms with Crippen LogP contribution in [0.2, 0.25) is 0 Å². The number of halogens is 2. The van der Waals surface area contributed by atoms with Gasteiger partial charge in [0.25, 0.3) is 0 Å². The number of thiocarbonyl (C=S) groups is 1. The van der Waals surface area contributed by atoms with Crippen molar-refractivity contribution in [3.05, 3.63) is 62.3 Å². The van der Waals surface area contributed by atoms with E-state index in [1.165, 1.54) is 35.5 Å². The number of anilines is 2. The molecule has 0 radical (unpaired) electrons. The van der Waals surface area contributed by atoms with Crippen LogP contribution in [-0.4, -0.2) is 28.0 Å². The number of nitrogens with zero attached hydrogens (tertiary/aromatic N) is 2. The summed E-state index contributed by atoms with van der Waals surface area (Å²) >= 11 is 10.5. The van der Waals surface area contributed by atoms with E-state index in [-0.39, 0.29) is 11.8 Å². The van der Waals surface area contributed by atoms with Crippen molar-refractivity contribution >= 4 is 61.4 Å². The number of nitrogens with one attached hydrogen (secondary N) is 2. The van der Waals surface area contributed by atoms with Gasteiger partial charge >= 0.3 is 5.97 Å². The molecule has 0 saturated carbocycles. The zero-order valence-electron chi connectivity index (χ0n) is 16.0. The quantitative estimate of drug-likeness (QED) is 0.374. The molecule has 0 amide bonds. The maximum absolute atomic E-state index is 13.1. The van der Waals surface area contributed by atoms with E-state index < -0.39 is 0 Å². The van der Waals surface area contributed by atoms with Crippen LogP contribution in [0.3, 0.4) is 0 Å². The van der Waals surface area contributed by atoms with Gasteiger partial charge in [0.05, 0.1) is 23.7 Å². The number of rotatable bonds is 5. The van der Waals surface area contributed by atoms with Crippen LogP contribution in [-0.2, 0) is 24.1 Å². The van der Waals surface area contributed by atoms with Crippen molar-refractivity contribution in [3.8, 4) is 0 Å². The van der Waals surface area contributed by atoms with Crippen LogP contribution in [0, 0.1) is 5.82 Å². The fourth-order valence-electron chi connectivity index (χ4n) is 3.39. The lowest BCUT2D eigenvalue weighted by Gasteiger charge is -2.10. The van der Waals surface area contributed by atoms with Crippen LogP contribution in [0.5, 0.6) is 0 Å². The van der Waals surface area contributed by atoms with E-state index in [0.29, 0.717) is 28.0 Å². The molecule has 0 bridgehead atoms. The molecule has 156 valence electrons. The Balaban J connectivity index is 1.47. The highest BCUT2D eigenvalue weighted by Gasteiger charge is 2.27. The molecule has 6 nitrogen and oxygen atoms in total. The lowest BCUT2D eigenvalue weighted by atomic mass is 10.1. The Hall–Kier alpha value is -2.30. The summed E-state index contributed by atoms with van der Waals surface area (Å²) < 4.78 is 20.5. The van der Waals surface area contributed by atoms with Crippen LogP contribution in [0.1, 0.15) is 32.8 Å².